The van der Waals surface area contributed by atoms with Gasteiger partial charge in [0.2, 0.25) is 0 Å². The lowest BCUT2D eigenvalue weighted by molar-refractivity contribution is -0.139. The van der Waals surface area contributed by atoms with Crippen LogP contribution in [0.2, 0.25) is 5.02 Å². The highest BCUT2D eigenvalue weighted by Crippen LogP contribution is 2.33. The fourth-order valence-electron chi connectivity index (χ4n) is 1.71. The van der Waals surface area contributed by atoms with E-state index in [1.54, 1.807) is 6.92 Å². The first kappa shape index (κ1) is 15.8. The van der Waals surface area contributed by atoms with E-state index in [-0.39, 0.29) is 23.7 Å². The Morgan fingerprint density at radius 2 is 2.14 bits per heavy atom. The maximum Gasteiger partial charge on any atom is 0.361 e. The molecule has 0 aliphatic heterocycles. The molecular formula is C13H12ClN3O5. The molecule has 116 valence electrons. The SMILES string of the molecule is CCOC(=O)c1n[nH]nc1-c1cc(Cl)ccc1OCC(=O)O. The predicted octanol–water partition coefficient (Wildman–Crippen LogP) is 1.77. The van der Waals surface area contributed by atoms with Gasteiger partial charge in [0.05, 0.1) is 6.61 Å². The summed E-state index contributed by atoms with van der Waals surface area (Å²) in [7, 11) is 0. The van der Waals surface area contributed by atoms with Crippen LogP contribution in [0.5, 0.6) is 5.75 Å². The fraction of sp³-hybridized carbons (Fsp3) is 0.231. The zero-order chi connectivity index (χ0) is 16.1. The lowest BCUT2D eigenvalue weighted by Crippen LogP contribution is -2.11. The molecule has 9 heteroatoms. The third-order valence-corrected chi connectivity index (χ3v) is 2.80. The number of nitrogens with zero attached hydrogens (tertiary/aromatic N) is 2. The van der Waals surface area contributed by atoms with Gasteiger partial charge in [0.1, 0.15) is 11.4 Å². The van der Waals surface area contributed by atoms with Crippen molar-refractivity contribution in [2.75, 3.05) is 13.2 Å². The normalized spacial score (nSPS) is 10.3. The molecule has 0 aliphatic rings. The summed E-state index contributed by atoms with van der Waals surface area (Å²) in [5.41, 5.74) is 0.469. The number of benzene rings is 1. The number of carboxylic acid groups (broad SMARTS) is 1. The number of aromatic nitrogens is 3. The zero-order valence-corrected chi connectivity index (χ0v) is 12.3. The molecule has 0 aliphatic carbocycles. The number of rotatable bonds is 6. The first-order chi connectivity index (χ1) is 10.5. The van der Waals surface area contributed by atoms with Crippen molar-refractivity contribution in [3.8, 4) is 17.0 Å². The Morgan fingerprint density at radius 1 is 1.36 bits per heavy atom. The van der Waals surface area contributed by atoms with Crippen LogP contribution >= 0.6 is 11.6 Å². The van der Waals surface area contributed by atoms with E-state index in [2.05, 4.69) is 15.4 Å². The van der Waals surface area contributed by atoms with E-state index in [9.17, 15) is 9.59 Å². The lowest BCUT2D eigenvalue weighted by atomic mass is 10.1. The van der Waals surface area contributed by atoms with Crippen molar-refractivity contribution in [3.05, 3.63) is 28.9 Å². The summed E-state index contributed by atoms with van der Waals surface area (Å²) in [6.45, 7) is 1.31. The molecule has 0 amide bonds. The number of hydrogen-bond donors (Lipinski definition) is 2. The molecule has 8 nitrogen and oxygen atoms in total. The van der Waals surface area contributed by atoms with Crippen LogP contribution in [0.25, 0.3) is 11.3 Å². The first-order valence-corrected chi connectivity index (χ1v) is 6.63. The minimum absolute atomic E-state index is 0.0377. The molecule has 0 spiro atoms. The molecule has 2 aromatic rings. The van der Waals surface area contributed by atoms with Crippen molar-refractivity contribution < 1.29 is 24.2 Å². The summed E-state index contributed by atoms with van der Waals surface area (Å²) in [6, 6.07) is 4.52. The molecule has 0 atom stereocenters. The third-order valence-electron chi connectivity index (χ3n) is 2.56. The number of carbonyl (C=O) groups is 2. The highest BCUT2D eigenvalue weighted by atomic mass is 35.5. The van der Waals surface area contributed by atoms with Crippen molar-refractivity contribution in [1.29, 1.82) is 0 Å². The molecule has 1 aromatic carbocycles. The largest absolute Gasteiger partial charge is 0.481 e. The van der Waals surface area contributed by atoms with Gasteiger partial charge < -0.3 is 14.6 Å². The van der Waals surface area contributed by atoms with Crippen LogP contribution in [-0.4, -0.2) is 45.7 Å². The number of aliphatic carboxylic acids is 1. The number of nitrogens with one attached hydrogen (secondary N) is 1. The van der Waals surface area contributed by atoms with Gasteiger partial charge in [-0.3, -0.25) is 0 Å². The highest BCUT2D eigenvalue weighted by molar-refractivity contribution is 6.31. The Morgan fingerprint density at radius 3 is 2.82 bits per heavy atom. The van der Waals surface area contributed by atoms with Gasteiger partial charge in [0.25, 0.3) is 0 Å². The summed E-state index contributed by atoms with van der Waals surface area (Å²) in [6.07, 6.45) is 0. The van der Waals surface area contributed by atoms with Crippen LogP contribution in [0.15, 0.2) is 18.2 Å². The van der Waals surface area contributed by atoms with Crippen molar-refractivity contribution in [3.63, 3.8) is 0 Å². The molecule has 2 rings (SSSR count). The second-order valence-electron chi connectivity index (χ2n) is 4.06. The van der Waals surface area contributed by atoms with Crippen LogP contribution < -0.4 is 4.74 Å². The predicted molar refractivity (Wildman–Crippen MR) is 75.9 cm³/mol. The van der Waals surface area contributed by atoms with Gasteiger partial charge in [-0.05, 0) is 25.1 Å². The average Bonchev–Trinajstić information content (AvgIpc) is 2.95. The minimum Gasteiger partial charge on any atom is -0.481 e. The molecule has 0 saturated heterocycles. The summed E-state index contributed by atoms with van der Waals surface area (Å²) in [5, 5.41) is 19.1. The van der Waals surface area contributed by atoms with Crippen LogP contribution in [0, 0.1) is 0 Å². The number of ether oxygens (including phenoxy) is 2. The molecule has 0 radical (unpaired) electrons. The maximum absolute atomic E-state index is 11.8. The number of halogens is 1. The number of aromatic amines is 1. The Kier molecular flexibility index (Phi) is 4.95. The second-order valence-corrected chi connectivity index (χ2v) is 4.50. The van der Waals surface area contributed by atoms with Gasteiger partial charge in [-0.15, -0.1) is 5.10 Å². The molecule has 1 heterocycles. The molecule has 0 fully saturated rings. The quantitative estimate of drug-likeness (QED) is 0.778. The average molecular weight is 326 g/mol. The first-order valence-electron chi connectivity index (χ1n) is 6.25. The summed E-state index contributed by atoms with van der Waals surface area (Å²) in [5.74, 6) is -1.58. The summed E-state index contributed by atoms with van der Waals surface area (Å²) in [4.78, 5) is 22.5. The Labute approximate surface area is 130 Å². The van der Waals surface area contributed by atoms with Crippen LogP contribution in [-0.2, 0) is 9.53 Å². The minimum atomic E-state index is -1.13. The second kappa shape index (κ2) is 6.90. The summed E-state index contributed by atoms with van der Waals surface area (Å²) >= 11 is 5.94. The van der Waals surface area contributed by atoms with E-state index in [1.807, 2.05) is 0 Å². The smallest absolute Gasteiger partial charge is 0.361 e. The number of H-pyrrole nitrogens is 1. The standard InChI is InChI=1S/C13H12ClN3O5/c1-2-21-13(20)12-11(15-17-16-12)8-5-7(14)3-4-9(8)22-6-10(18)19/h3-5H,2,6H2,1H3,(H,18,19)(H,15,16,17). The fourth-order valence-corrected chi connectivity index (χ4v) is 1.89. The van der Waals surface area contributed by atoms with Crippen molar-refractivity contribution in [2.45, 2.75) is 6.92 Å². The van der Waals surface area contributed by atoms with Gasteiger partial charge in [0, 0.05) is 10.6 Å². The van der Waals surface area contributed by atoms with Gasteiger partial charge in [-0.1, -0.05) is 11.6 Å². The number of carboxylic acids is 1. The Hall–Kier alpha value is -2.61. The van der Waals surface area contributed by atoms with Crippen LogP contribution in [0.1, 0.15) is 17.4 Å². The van der Waals surface area contributed by atoms with E-state index in [0.717, 1.165) is 0 Å². The van der Waals surface area contributed by atoms with Gasteiger partial charge >= 0.3 is 11.9 Å². The molecule has 2 N–H and O–H groups in total. The molecule has 22 heavy (non-hydrogen) atoms. The van der Waals surface area contributed by atoms with Crippen molar-refractivity contribution in [1.82, 2.24) is 15.4 Å². The number of carbonyl (C=O) groups excluding carboxylic acids is 1. The lowest BCUT2D eigenvalue weighted by Gasteiger charge is -2.09. The topological polar surface area (TPSA) is 114 Å². The third kappa shape index (κ3) is 3.53. The monoisotopic (exact) mass is 325 g/mol. The summed E-state index contributed by atoms with van der Waals surface area (Å²) < 4.78 is 10.1. The number of hydrogen-bond acceptors (Lipinski definition) is 6. The van der Waals surface area contributed by atoms with Crippen LogP contribution in [0.3, 0.4) is 0 Å². The van der Waals surface area contributed by atoms with E-state index >= 15 is 0 Å². The van der Waals surface area contributed by atoms with Gasteiger partial charge in [-0.25, -0.2) is 9.59 Å². The molecular weight excluding hydrogens is 314 g/mol. The van der Waals surface area contributed by atoms with Gasteiger partial charge in [-0.2, -0.15) is 10.3 Å². The van der Waals surface area contributed by atoms with Gasteiger partial charge in [0.15, 0.2) is 12.3 Å². The highest BCUT2D eigenvalue weighted by Gasteiger charge is 2.22. The maximum atomic E-state index is 11.8. The van der Waals surface area contributed by atoms with Crippen molar-refractivity contribution >= 4 is 23.5 Å². The Bertz CT molecular complexity index is 701. The number of esters is 1. The zero-order valence-electron chi connectivity index (χ0n) is 11.5. The molecule has 0 unspecified atom stereocenters. The molecule has 0 bridgehead atoms. The van der Waals surface area contributed by atoms with E-state index in [4.69, 9.17) is 26.2 Å². The Balaban J connectivity index is 2.43. The van der Waals surface area contributed by atoms with E-state index < -0.39 is 18.5 Å². The molecule has 1 aromatic heterocycles. The van der Waals surface area contributed by atoms with E-state index in [1.165, 1.54) is 18.2 Å². The molecule has 0 saturated carbocycles. The van der Waals surface area contributed by atoms with E-state index in [0.29, 0.717) is 10.6 Å². The van der Waals surface area contributed by atoms with Crippen LogP contribution in [0.4, 0.5) is 0 Å². The van der Waals surface area contributed by atoms with Crippen molar-refractivity contribution in [2.24, 2.45) is 0 Å².